The first-order valence-electron chi connectivity index (χ1n) is 10.1. The van der Waals surface area contributed by atoms with Gasteiger partial charge in [-0.25, -0.2) is 4.39 Å². The Balaban J connectivity index is 1.61. The zero-order valence-electron chi connectivity index (χ0n) is 17.1. The minimum atomic E-state index is -0.574. The predicted octanol–water partition coefficient (Wildman–Crippen LogP) is 4.45. The topological polar surface area (TPSA) is 68.5 Å². The minimum Gasteiger partial charge on any atom is -0.497 e. The van der Waals surface area contributed by atoms with E-state index in [2.05, 4.69) is 15.5 Å². The number of carbonyl (C=O) groups excluding carboxylic acids is 1. The van der Waals surface area contributed by atoms with Gasteiger partial charge >= 0.3 is 0 Å². The van der Waals surface area contributed by atoms with Gasteiger partial charge in [-0.05, 0) is 61.2 Å². The van der Waals surface area contributed by atoms with Crippen molar-refractivity contribution >= 4 is 34.2 Å². The van der Waals surface area contributed by atoms with Crippen LogP contribution in [-0.2, 0) is 4.79 Å². The Kier molecular flexibility index (Phi) is 5.02. The number of fused-ring (bicyclic) bond motifs is 3. The molecule has 1 atom stereocenters. The normalized spacial score (nSPS) is 14.7. The Morgan fingerprint density at radius 1 is 1.19 bits per heavy atom. The molecule has 1 aliphatic rings. The molecular formula is C23H21FN4O2S. The number of rotatable bonds is 6. The third-order valence-corrected chi connectivity index (χ3v) is 6.63. The number of halogens is 1. The molecule has 0 aliphatic heterocycles. The molecule has 1 saturated carbocycles. The van der Waals surface area contributed by atoms with Gasteiger partial charge in [-0.15, -0.1) is 10.2 Å². The lowest BCUT2D eigenvalue weighted by molar-refractivity contribution is -0.120. The quantitative estimate of drug-likeness (QED) is 0.452. The number of methoxy groups -OCH3 is 1. The number of amides is 1. The van der Waals surface area contributed by atoms with Crippen molar-refractivity contribution in [1.82, 2.24) is 19.9 Å². The summed E-state index contributed by atoms with van der Waals surface area (Å²) in [6.45, 7) is 2.03. The first-order chi connectivity index (χ1) is 15.0. The number of hydrogen-bond acceptors (Lipinski definition) is 5. The smallest absolute Gasteiger partial charge is 0.238 e. The maximum absolute atomic E-state index is 13.5. The number of ether oxygens (including phenoxy) is 1. The van der Waals surface area contributed by atoms with E-state index in [1.54, 1.807) is 19.2 Å². The van der Waals surface area contributed by atoms with Crippen molar-refractivity contribution in [1.29, 1.82) is 0 Å². The van der Waals surface area contributed by atoms with Crippen molar-refractivity contribution in [3.63, 3.8) is 0 Å². The van der Waals surface area contributed by atoms with Crippen LogP contribution in [0.25, 0.3) is 16.6 Å². The van der Waals surface area contributed by atoms with Gasteiger partial charge < -0.3 is 10.1 Å². The van der Waals surface area contributed by atoms with Gasteiger partial charge in [-0.1, -0.05) is 23.9 Å². The number of thioether (sulfide) groups is 1. The Morgan fingerprint density at radius 3 is 2.68 bits per heavy atom. The molecule has 2 aromatic heterocycles. The van der Waals surface area contributed by atoms with Crippen molar-refractivity contribution in [2.24, 2.45) is 0 Å². The van der Waals surface area contributed by atoms with Crippen LogP contribution in [0.1, 0.15) is 29.2 Å². The van der Waals surface area contributed by atoms with Crippen molar-refractivity contribution in [2.75, 3.05) is 7.11 Å². The van der Waals surface area contributed by atoms with E-state index in [4.69, 9.17) is 4.74 Å². The van der Waals surface area contributed by atoms with Crippen LogP contribution in [0, 0.1) is 12.7 Å². The second-order valence-corrected chi connectivity index (χ2v) is 8.79. The molecule has 2 aromatic carbocycles. The highest BCUT2D eigenvalue weighted by atomic mass is 32.2. The third kappa shape index (κ3) is 3.83. The lowest BCUT2D eigenvalue weighted by Gasteiger charge is -2.16. The third-order valence-electron chi connectivity index (χ3n) is 5.43. The number of nitrogens with one attached hydrogen (secondary N) is 1. The molecule has 1 fully saturated rings. The Labute approximate surface area is 182 Å². The van der Waals surface area contributed by atoms with E-state index in [1.165, 1.54) is 23.9 Å². The first kappa shape index (κ1) is 19.8. The number of aryl methyl sites for hydroxylation is 1. The highest BCUT2D eigenvalue weighted by molar-refractivity contribution is 8.00. The second kappa shape index (κ2) is 7.85. The molecule has 5 rings (SSSR count). The molecule has 0 saturated heterocycles. The molecule has 1 aliphatic carbocycles. The maximum Gasteiger partial charge on any atom is 0.238 e. The lowest BCUT2D eigenvalue weighted by Crippen LogP contribution is -2.29. The van der Waals surface area contributed by atoms with Crippen LogP contribution < -0.4 is 10.1 Å². The number of benzene rings is 2. The molecule has 2 heterocycles. The number of pyridine rings is 1. The van der Waals surface area contributed by atoms with Gasteiger partial charge in [0.2, 0.25) is 5.91 Å². The standard InChI is InChI=1S/C23H21FN4O2S/c1-13-11-20-26-27-23(28(20)19-12-17(30-2)9-10-18(13)19)31-21(22(29)25-16-7-8-16)14-3-5-15(24)6-4-14/h3-6,9-12,16,21H,7-8H2,1-2H3,(H,25,29). The van der Waals surface area contributed by atoms with Gasteiger partial charge in [0.05, 0.1) is 12.6 Å². The fourth-order valence-corrected chi connectivity index (χ4v) is 4.69. The van der Waals surface area contributed by atoms with Gasteiger partial charge in [-0.2, -0.15) is 0 Å². The number of hydrogen-bond donors (Lipinski definition) is 1. The fourth-order valence-electron chi connectivity index (χ4n) is 3.63. The summed E-state index contributed by atoms with van der Waals surface area (Å²) in [7, 11) is 1.63. The van der Waals surface area contributed by atoms with Crippen molar-refractivity contribution in [2.45, 2.75) is 36.2 Å². The molecule has 0 radical (unpaired) electrons. The molecular weight excluding hydrogens is 415 g/mol. The molecule has 8 heteroatoms. The summed E-state index contributed by atoms with van der Waals surface area (Å²) in [6.07, 6.45) is 1.98. The summed E-state index contributed by atoms with van der Waals surface area (Å²) in [5.41, 5.74) is 3.40. The van der Waals surface area contributed by atoms with Crippen LogP contribution in [-0.4, -0.2) is 33.7 Å². The lowest BCUT2D eigenvalue weighted by atomic mass is 10.1. The minimum absolute atomic E-state index is 0.107. The SMILES string of the molecule is COc1ccc2c(C)cc3nnc(SC(C(=O)NC4CC4)c4ccc(F)cc4)n3c2c1. The molecule has 4 aromatic rings. The van der Waals surface area contributed by atoms with Crippen LogP contribution in [0.3, 0.4) is 0 Å². The van der Waals surface area contributed by atoms with Gasteiger partial charge in [-0.3, -0.25) is 9.20 Å². The summed E-state index contributed by atoms with van der Waals surface area (Å²) in [5, 5.41) is 12.9. The average molecular weight is 437 g/mol. The van der Waals surface area contributed by atoms with Crippen LogP contribution in [0.2, 0.25) is 0 Å². The largest absolute Gasteiger partial charge is 0.497 e. The highest BCUT2D eigenvalue weighted by Gasteiger charge is 2.30. The predicted molar refractivity (Wildman–Crippen MR) is 118 cm³/mol. The van der Waals surface area contributed by atoms with E-state index >= 15 is 0 Å². The number of nitrogens with zero attached hydrogens (tertiary/aromatic N) is 3. The molecule has 0 spiro atoms. The summed E-state index contributed by atoms with van der Waals surface area (Å²) in [4.78, 5) is 13.1. The summed E-state index contributed by atoms with van der Waals surface area (Å²) < 4.78 is 20.9. The van der Waals surface area contributed by atoms with Crippen molar-refractivity contribution in [3.05, 3.63) is 65.5 Å². The molecule has 31 heavy (non-hydrogen) atoms. The van der Waals surface area contributed by atoms with Crippen LogP contribution in [0.15, 0.2) is 53.7 Å². The second-order valence-electron chi connectivity index (χ2n) is 7.72. The molecule has 1 N–H and O–H groups in total. The van der Waals surface area contributed by atoms with Gasteiger partial charge in [0.25, 0.3) is 0 Å². The molecule has 6 nitrogen and oxygen atoms in total. The maximum atomic E-state index is 13.5. The van der Waals surface area contributed by atoms with Crippen LogP contribution >= 0.6 is 11.8 Å². The summed E-state index contributed by atoms with van der Waals surface area (Å²) >= 11 is 1.31. The highest BCUT2D eigenvalue weighted by Crippen LogP contribution is 2.37. The van der Waals surface area contributed by atoms with Crippen LogP contribution in [0.5, 0.6) is 5.75 Å². The van der Waals surface area contributed by atoms with E-state index in [1.807, 2.05) is 35.6 Å². The summed E-state index contributed by atoms with van der Waals surface area (Å²) in [6, 6.07) is 14.1. The molecule has 158 valence electrons. The van der Waals surface area contributed by atoms with E-state index < -0.39 is 5.25 Å². The Morgan fingerprint density at radius 2 is 1.97 bits per heavy atom. The Hall–Kier alpha value is -3.13. The number of aromatic nitrogens is 3. The molecule has 1 amide bonds. The average Bonchev–Trinajstić information content (AvgIpc) is 3.50. The fraction of sp³-hybridized carbons (Fsp3) is 0.261. The summed E-state index contributed by atoms with van der Waals surface area (Å²) in [5.74, 6) is 0.284. The van der Waals surface area contributed by atoms with Crippen LogP contribution in [0.4, 0.5) is 4.39 Å². The first-order valence-corrected chi connectivity index (χ1v) is 11.0. The van der Waals surface area contributed by atoms with Gasteiger partial charge in [0, 0.05) is 17.5 Å². The van der Waals surface area contributed by atoms with E-state index in [-0.39, 0.29) is 17.8 Å². The van der Waals surface area contributed by atoms with Gasteiger partial charge in [0.1, 0.15) is 16.8 Å². The molecule has 0 bridgehead atoms. The van der Waals surface area contributed by atoms with Crippen molar-refractivity contribution < 1.29 is 13.9 Å². The monoisotopic (exact) mass is 436 g/mol. The van der Waals surface area contributed by atoms with Crippen molar-refractivity contribution in [3.8, 4) is 5.75 Å². The zero-order chi connectivity index (χ0) is 21.5. The Bertz CT molecular complexity index is 1280. The molecule has 1 unspecified atom stereocenters. The number of carbonyl (C=O) groups is 1. The zero-order valence-corrected chi connectivity index (χ0v) is 17.9. The van der Waals surface area contributed by atoms with E-state index in [9.17, 15) is 9.18 Å². The van der Waals surface area contributed by atoms with E-state index in [0.717, 1.165) is 40.6 Å². The van der Waals surface area contributed by atoms with Gasteiger partial charge in [0.15, 0.2) is 10.8 Å². The van der Waals surface area contributed by atoms with E-state index in [0.29, 0.717) is 10.8 Å².